The standard InChI is InChI=1S/C10H21N5/c1-6-7-10(3,4)15-9(8(2)11-5)12-13-14-15/h8,11H,6-7H2,1-5H3. The lowest BCUT2D eigenvalue weighted by Gasteiger charge is -2.26. The summed E-state index contributed by atoms with van der Waals surface area (Å²) >= 11 is 0. The van der Waals surface area contributed by atoms with Gasteiger partial charge in [0.2, 0.25) is 0 Å². The van der Waals surface area contributed by atoms with E-state index < -0.39 is 0 Å². The number of aromatic nitrogens is 4. The molecule has 0 aliphatic carbocycles. The molecule has 5 heteroatoms. The molecule has 86 valence electrons. The highest BCUT2D eigenvalue weighted by Gasteiger charge is 2.26. The Kier molecular flexibility index (Phi) is 3.79. The highest BCUT2D eigenvalue weighted by atomic mass is 15.6. The summed E-state index contributed by atoms with van der Waals surface area (Å²) in [5, 5.41) is 15.1. The zero-order chi connectivity index (χ0) is 11.5. The zero-order valence-electron chi connectivity index (χ0n) is 10.3. The molecule has 0 saturated heterocycles. The molecule has 0 aliphatic heterocycles. The summed E-state index contributed by atoms with van der Waals surface area (Å²) in [6, 6.07) is 0.177. The van der Waals surface area contributed by atoms with E-state index in [9.17, 15) is 0 Å². The number of tetrazole rings is 1. The molecule has 1 heterocycles. The van der Waals surface area contributed by atoms with Crippen molar-refractivity contribution in [3.05, 3.63) is 5.82 Å². The Morgan fingerprint density at radius 1 is 1.47 bits per heavy atom. The van der Waals surface area contributed by atoms with Crippen LogP contribution in [0.3, 0.4) is 0 Å². The van der Waals surface area contributed by atoms with Crippen LogP contribution in [0.1, 0.15) is 52.4 Å². The van der Waals surface area contributed by atoms with Crippen molar-refractivity contribution in [3.8, 4) is 0 Å². The van der Waals surface area contributed by atoms with Crippen LogP contribution < -0.4 is 5.32 Å². The summed E-state index contributed by atoms with van der Waals surface area (Å²) in [6.45, 7) is 8.56. The van der Waals surface area contributed by atoms with E-state index in [4.69, 9.17) is 0 Å². The summed E-state index contributed by atoms with van der Waals surface area (Å²) in [5.74, 6) is 0.899. The van der Waals surface area contributed by atoms with Crippen LogP contribution in [0.25, 0.3) is 0 Å². The van der Waals surface area contributed by atoms with Crippen LogP contribution in [0, 0.1) is 0 Å². The second kappa shape index (κ2) is 4.70. The number of hydrogen-bond donors (Lipinski definition) is 1. The van der Waals surface area contributed by atoms with E-state index in [1.54, 1.807) is 0 Å². The molecule has 5 nitrogen and oxygen atoms in total. The van der Waals surface area contributed by atoms with Gasteiger partial charge >= 0.3 is 0 Å². The molecule has 0 spiro atoms. The highest BCUT2D eigenvalue weighted by molar-refractivity contribution is 4.94. The SMILES string of the molecule is CCCC(C)(C)n1nnnc1C(C)NC. The van der Waals surface area contributed by atoms with Gasteiger partial charge in [-0.15, -0.1) is 5.10 Å². The molecule has 15 heavy (non-hydrogen) atoms. The summed E-state index contributed by atoms with van der Waals surface area (Å²) in [6.07, 6.45) is 2.20. The quantitative estimate of drug-likeness (QED) is 0.801. The highest BCUT2D eigenvalue weighted by Crippen LogP contribution is 2.23. The van der Waals surface area contributed by atoms with E-state index >= 15 is 0 Å². The second-order valence-electron chi connectivity index (χ2n) is 4.52. The maximum atomic E-state index is 4.09. The van der Waals surface area contributed by atoms with Gasteiger partial charge < -0.3 is 5.32 Å². The Balaban J connectivity index is 2.98. The van der Waals surface area contributed by atoms with Crippen molar-refractivity contribution in [2.75, 3.05) is 7.05 Å². The van der Waals surface area contributed by atoms with Crippen molar-refractivity contribution < 1.29 is 0 Å². The summed E-state index contributed by atoms with van der Waals surface area (Å²) < 4.78 is 1.93. The lowest BCUT2D eigenvalue weighted by molar-refractivity contribution is 0.270. The Morgan fingerprint density at radius 3 is 2.67 bits per heavy atom. The third-order valence-electron chi connectivity index (χ3n) is 2.75. The number of hydrogen-bond acceptors (Lipinski definition) is 4. The first-order valence-electron chi connectivity index (χ1n) is 5.49. The minimum atomic E-state index is -0.0152. The van der Waals surface area contributed by atoms with Gasteiger partial charge in [-0.1, -0.05) is 13.3 Å². The second-order valence-corrected chi connectivity index (χ2v) is 4.52. The Hall–Kier alpha value is -0.970. The van der Waals surface area contributed by atoms with E-state index in [-0.39, 0.29) is 11.6 Å². The molecular weight excluding hydrogens is 190 g/mol. The molecule has 0 fully saturated rings. The van der Waals surface area contributed by atoms with E-state index in [0.29, 0.717) is 0 Å². The fourth-order valence-corrected chi connectivity index (χ4v) is 1.74. The van der Waals surface area contributed by atoms with Crippen molar-refractivity contribution in [2.45, 2.75) is 52.1 Å². The summed E-state index contributed by atoms with van der Waals surface area (Å²) in [7, 11) is 1.91. The minimum Gasteiger partial charge on any atom is -0.311 e. The van der Waals surface area contributed by atoms with Gasteiger partial charge in [-0.3, -0.25) is 0 Å². The van der Waals surface area contributed by atoms with E-state index in [1.807, 2.05) is 11.7 Å². The van der Waals surface area contributed by atoms with Crippen LogP contribution in [0.15, 0.2) is 0 Å². The lowest BCUT2D eigenvalue weighted by atomic mass is 9.99. The lowest BCUT2D eigenvalue weighted by Crippen LogP contribution is -2.31. The fourth-order valence-electron chi connectivity index (χ4n) is 1.74. The Labute approximate surface area is 91.2 Å². The maximum absolute atomic E-state index is 4.09. The van der Waals surface area contributed by atoms with Gasteiger partial charge in [-0.25, -0.2) is 4.68 Å². The van der Waals surface area contributed by atoms with Gasteiger partial charge in [0.25, 0.3) is 0 Å². The van der Waals surface area contributed by atoms with E-state index in [2.05, 4.69) is 48.5 Å². The van der Waals surface area contributed by atoms with Gasteiger partial charge in [0.15, 0.2) is 5.82 Å². The maximum Gasteiger partial charge on any atom is 0.168 e. The molecule has 0 aliphatic rings. The molecular formula is C10H21N5. The van der Waals surface area contributed by atoms with Crippen molar-refractivity contribution >= 4 is 0 Å². The molecule has 0 amide bonds. The number of nitrogens with zero attached hydrogens (tertiary/aromatic N) is 4. The molecule has 1 unspecified atom stereocenters. The van der Waals surface area contributed by atoms with Crippen LogP contribution in [0.2, 0.25) is 0 Å². The van der Waals surface area contributed by atoms with Crippen LogP contribution in [0.5, 0.6) is 0 Å². The van der Waals surface area contributed by atoms with Crippen molar-refractivity contribution in [3.63, 3.8) is 0 Å². The summed E-state index contributed by atoms with van der Waals surface area (Å²) in [5.41, 5.74) is -0.0152. The average Bonchev–Trinajstić information content (AvgIpc) is 2.65. The minimum absolute atomic E-state index is 0.0152. The molecule has 0 saturated carbocycles. The van der Waals surface area contributed by atoms with E-state index in [1.165, 1.54) is 0 Å². The topological polar surface area (TPSA) is 55.6 Å². The van der Waals surface area contributed by atoms with Gasteiger partial charge in [-0.2, -0.15) is 0 Å². The molecule has 0 radical (unpaired) electrons. The zero-order valence-corrected chi connectivity index (χ0v) is 10.3. The largest absolute Gasteiger partial charge is 0.311 e. The first kappa shape index (κ1) is 12.1. The number of rotatable bonds is 5. The molecule has 1 rings (SSSR count). The van der Waals surface area contributed by atoms with E-state index in [0.717, 1.165) is 18.7 Å². The Morgan fingerprint density at radius 2 is 2.13 bits per heavy atom. The smallest absolute Gasteiger partial charge is 0.168 e. The molecule has 1 aromatic rings. The first-order chi connectivity index (χ1) is 7.03. The molecule has 0 bridgehead atoms. The van der Waals surface area contributed by atoms with Crippen LogP contribution in [0.4, 0.5) is 0 Å². The molecule has 1 N–H and O–H groups in total. The third-order valence-corrected chi connectivity index (χ3v) is 2.75. The average molecular weight is 211 g/mol. The normalized spacial score (nSPS) is 14.2. The molecule has 1 aromatic heterocycles. The van der Waals surface area contributed by atoms with Gasteiger partial charge in [0.05, 0.1) is 11.6 Å². The van der Waals surface area contributed by atoms with Crippen LogP contribution >= 0.6 is 0 Å². The van der Waals surface area contributed by atoms with Gasteiger partial charge in [0, 0.05) is 0 Å². The van der Waals surface area contributed by atoms with Crippen LogP contribution in [-0.2, 0) is 5.54 Å². The fraction of sp³-hybridized carbons (Fsp3) is 0.900. The first-order valence-corrected chi connectivity index (χ1v) is 5.49. The Bertz CT molecular complexity index is 305. The number of nitrogens with one attached hydrogen (secondary N) is 1. The molecule has 0 aromatic carbocycles. The van der Waals surface area contributed by atoms with Gasteiger partial charge in [0.1, 0.15) is 0 Å². The third kappa shape index (κ3) is 2.53. The molecule has 1 atom stereocenters. The van der Waals surface area contributed by atoms with Gasteiger partial charge in [-0.05, 0) is 44.7 Å². The predicted octanol–water partition coefficient (Wildman–Crippen LogP) is 1.49. The van der Waals surface area contributed by atoms with Crippen molar-refractivity contribution in [1.82, 2.24) is 25.5 Å². The monoisotopic (exact) mass is 211 g/mol. The van der Waals surface area contributed by atoms with Crippen molar-refractivity contribution in [2.24, 2.45) is 0 Å². The summed E-state index contributed by atoms with van der Waals surface area (Å²) in [4.78, 5) is 0. The predicted molar refractivity (Wildman–Crippen MR) is 59.5 cm³/mol. The van der Waals surface area contributed by atoms with Crippen molar-refractivity contribution in [1.29, 1.82) is 0 Å². The van der Waals surface area contributed by atoms with Crippen LogP contribution in [-0.4, -0.2) is 27.3 Å².